The summed E-state index contributed by atoms with van der Waals surface area (Å²) in [5.41, 5.74) is 3.18. The minimum Gasteiger partial charge on any atom is -0.482 e. The number of anilines is 1. The molecule has 36 heavy (non-hydrogen) atoms. The van der Waals surface area contributed by atoms with E-state index in [1.165, 1.54) is 18.5 Å². The third-order valence-electron chi connectivity index (χ3n) is 5.85. The van der Waals surface area contributed by atoms with E-state index in [2.05, 4.69) is 21.8 Å². The van der Waals surface area contributed by atoms with E-state index in [1.807, 2.05) is 26.0 Å². The number of aliphatic carboxylic acids is 1. The van der Waals surface area contributed by atoms with Crippen LogP contribution >= 0.6 is 0 Å². The second kappa shape index (κ2) is 11.9. The van der Waals surface area contributed by atoms with Gasteiger partial charge in [-0.15, -0.1) is 0 Å². The van der Waals surface area contributed by atoms with Crippen molar-refractivity contribution in [3.63, 3.8) is 0 Å². The van der Waals surface area contributed by atoms with Crippen LogP contribution in [0.2, 0.25) is 0 Å². The van der Waals surface area contributed by atoms with Gasteiger partial charge in [0.05, 0.1) is 11.3 Å². The number of aryl methyl sites for hydroxylation is 1. The van der Waals surface area contributed by atoms with Crippen molar-refractivity contribution >= 4 is 11.8 Å². The smallest absolute Gasteiger partial charge is 0.416 e. The van der Waals surface area contributed by atoms with Gasteiger partial charge in [0.2, 0.25) is 0 Å². The lowest BCUT2D eigenvalue weighted by Crippen LogP contribution is -2.26. The monoisotopic (exact) mass is 501 g/mol. The zero-order valence-electron chi connectivity index (χ0n) is 20.6. The molecule has 9 heteroatoms. The molecule has 192 valence electrons. The van der Waals surface area contributed by atoms with Crippen molar-refractivity contribution in [3.05, 3.63) is 71.0 Å². The summed E-state index contributed by atoms with van der Waals surface area (Å²) in [6, 6.07) is 10.7. The van der Waals surface area contributed by atoms with Crippen molar-refractivity contribution in [3.8, 4) is 17.0 Å². The van der Waals surface area contributed by atoms with Crippen molar-refractivity contribution in [1.29, 1.82) is 0 Å². The van der Waals surface area contributed by atoms with Gasteiger partial charge in [0.1, 0.15) is 17.9 Å². The van der Waals surface area contributed by atoms with Gasteiger partial charge in [0.15, 0.2) is 6.61 Å². The van der Waals surface area contributed by atoms with Gasteiger partial charge in [0, 0.05) is 24.2 Å². The van der Waals surface area contributed by atoms with Crippen LogP contribution in [-0.4, -0.2) is 34.2 Å². The predicted octanol–water partition coefficient (Wildman–Crippen LogP) is 6.30. The SMILES string of the molecule is CCCCN(Cc1ccc(OCC(=O)O)c(CC)c1)c1ncnc(-c2ccc(C(F)(F)F)cc2)c1C. The van der Waals surface area contributed by atoms with Crippen molar-refractivity contribution in [2.24, 2.45) is 0 Å². The number of ether oxygens (including phenoxy) is 1. The molecule has 1 N–H and O–H groups in total. The molecule has 0 aliphatic rings. The number of carboxylic acids is 1. The standard InChI is InChI=1S/C27H30F3N3O3/c1-4-6-13-33(15-19-7-12-23(20(5-2)14-19)36-16-24(34)35)26-18(3)25(31-17-32-26)21-8-10-22(11-9-21)27(28,29)30/h7-12,14,17H,4-6,13,15-16H2,1-3H3,(H,34,35). The third kappa shape index (κ3) is 6.74. The molecule has 0 fully saturated rings. The van der Waals surface area contributed by atoms with Crippen LogP contribution in [0.25, 0.3) is 11.3 Å². The molecular weight excluding hydrogens is 471 g/mol. The van der Waals surface area contributed by atoms with E-state index in [1.54, 1.807) is 6.07 Å². The Labute approximate surface area is 208 Å². The van der Waals surface area contributed by atoms with E-state index in [4.69, 9.17) is 9.84 Å². The second-order valence-electron chi connectivity index (χ2n) is 8.50. The number of benzene rings is 2. The number of carboxylic acid groups (broad SMARTS) is 1. The maximum atomic E-state index is 13.0. The molecule has 0 bridgehead atoms. The average molecular weight is 502 g/mol. The van der Waals surface area contributed by atoms with Crippen LogP contribution in [0.1, 0.15) is 48.9 Å². The van der Waals surface area contributed by atoms with Gasteiger partial charge in [-0.2, -0.15) is 13.2 Å². The average Bonchev–Trinajstić information content (AvgIpc) is 2.85. The topological polar surface area (TPSA) is 75.5 Å². The number of alkyl halides is 3. The summed E-state index contributed by atoms with van der Waals surface area (Å²) >= 11 is 0. The van der Waals surface area contributed by atoms with Crippen LogP contribution in [-0.2, 0) is 23.9 Å². The first-order valence-electron chi connectivity index (χ1n) is 11.8. The van der Waals surface area contributed by atoms with E-state index >= 15 is 0 Å². The van der Waals surface area contributed by atoms with Gasteiger partial charge in [0.25, 0.3) is 0 Å². The molecule has 0 amide bonds. The number of hydrogen-bond acceptors (Lipinski definition) is 5. The van der Waals surface area contributed by atoms with Gasteiger partial charge in [-0.05, 0) is 49.1 Å². The molecule has 3 rings (SSSR count). The quantitative estimate of drug-likeness (QED) is 0.332. The molecule has 3 aromatic rings. The van der Waals surface area contributed by atoms with E-state index in [9.17, 15) is 18.0 Å². The Morgan fingerprint density at radius 2 is 1.81 bits per heavy atom. The highest BCUT2D eigenvalue weighted by atomic mass is 19.4. The van der Waals surface area contributed by atoms with E-state index in [-0.39, 0.29) is 0 Å². The molecular formula is C27H30F3N3O3. The first kappa shape index (κ1) is 27.0. The summed E-state index contributed by atoms with van der Waals surface area (Å²) < 4.78 is 44.4. The number of rotatable bonds is 11. The molecule has 2 aromatic carbocycles. The van der Waals surface area contributed by atoms with Crippen LogP contribution in [0.5, 0.6) is 5.75 Å². The van der Waals surface area contributed by atoms with Gasteiger partial charge in [-0.3, -0.25) is 0 Å². The molecule has 0 unspecified atom stereocenters. The summed E-state index contributed by atoms with van der Waals surface area (Å²) in [5.74, 6) is 0.235. The highest BCUT2D eigenvalue weighted by molar-refractivity contribution is 5.69. The Morgan fingerprint density at radius 1 is 1.08 bits per heavy atom. The third-order valence-corrected chi connectivity index (χ3v) is 5.85. The molecule has 1 heterocycles. The maximum Gasteiger partial charge on any atom is 0.416 e. The van der Waals surface area contributed by atoms with Gasteiger partial charge in [-0.25, -0.2) is 14.8 Å². The van der Waals surface area contributed by atoms with Gasteiger partial charge < -0.3 is 14.7 Å². The number of carbonyl (C=O) groups is 1. The van der Waals surface area contributed by atoms with Gasteiger partial charge in [-0.1, -0.05) is 44.5 Å². The zero-order valence-corrected chi connectivity index (χ0v) is 20.6. The fourth-order valence-electron chi connectivity index (χ4n) is 3.98. The second-order valence-corrected chi connectivity index (χ2v) is 8.50. The summed E-state index contributed by atoms with van der Waals surface area (Å²) in [5, 5.41) is 8.91. The van der Waals surface area contributed by atoms with E-state index < -0.39 is 24.3 Å². The lowest BCUT2D eigenvalue weighted by atomic mass is 10.0. The molecule has 0 aliphatic carbocycles. The van der Waals surface area contributed by atoms with Crippen LogP contribution in [0.3, 0.4) is 0 Å². The normalized spacial score (nSPS) is 11.4. The summed E-state index contributed by atoms with van der Waals surface area (Å²) in [4.78, 5) is 21.9. The number of aromatic nitrogens is 2. The van der Waals surface area contributed by atoms with Crippen LogP contribution in [0.4, 0.5) is 19.0 Å². The first-order valence-corrected chi connectivity index (χ1v) is 11.8. The van der Waals surface area contributed by atoms with Crippen LogP contribution < -0.4 is 9.64 Å². The zero-order chi connectivity index (χ0) is 26.3. The Bertz CT molecular complexity index is 1180. The Balaban J connectivity index is 1.92. The molecule has 0 radical (unpaired) electrons. The first-order chi connectivity index (χ1) is 17.1. The number of unbranched alkanes of at least 4 members (excludes halogenated alkanes) is 1. The van der Waals surface area contributed by atoms with Crippen molar-refractivity contribution < 1.29 is 27.8 Å². The lowest BCUT2D eigenvalue weighted by molar-refractivity contribution is -0.139. The van der Waals surface area contributed by atoms with Crippen LogP contribution in [0.15, 0.2) is 48.8 Å². The fraction of sp³-hybridized carbons (Fsp3) is 0.370. The lowest BCUT2D eigenvalue weighted by Gasteiger charge is -2.26. The summed E-state index contributed by atoms with van der Waals surface area (Å²) in [6.45, 7) is 6.84. The molecule has 0 atom stereocenters. The Kier molecular flexibility index (Phi) is 8.90. The Hall–Kier alpha value is -3.62. The highest BCUT2D eigenvalue weighted by Crippen LogP contribution is 2.33. The highest BCUT2D eigenvalue weighted by Gasteiger charge is 2.30. The van der Waals surface area contributed by atoms with Crippen molar-refractivity contribution in [2.75, 3.05) is 18.1 Å². The van der Waals surface area contributed by atoms with Crippen molar-refractivity contribution in [2.45, 2.75) is 52.8 Å². The minimum atomic E-state index is -4.40. The fourth-order valence-corrected chi connectivity index (χ4v) is 3.98. The molecule has 0 spiro atoms. The number of nitrogens with zero attached hydrogens (tertiary/aromatic N) is 3. The largest absolute Gasteiger partial charge is 0.482 e. The van der Waals surface area contributed by atoms with Crippen molar-refractivity contribution in [1.82, 2.24) is 9.97 Å². The maximum absolute atomic E-state index is 13.0. The Morgan fingerprint density at radius 3 is 2.42 bits per heavy atom. The molecule has 0 saturated heterocycles. The molecule has 0 aliphatic heterocycles. The number of halogens is 3. The molecule has 0 saturated carbocycles. The number of hydrogen-bond donors (Lipinski definition) is 1. The van der Waals surface area contributed by atoms with E-state index in [0.717, 1.165) is 54.0 Å². The predicted molar refractivity (Wildman–Crippen MR) is 132 cm³/mol. The summed E-state index contributed by atoms with van der Waals surface area (Å²) in [7, 11) is 0. The van der Waals surface area contributed by atoms with E-state index in [0.29, 0.717) is 30.0 Å². The van der Waals surface area contributed by atoms with Crippen LogP contribution in [0, 0.1) is 6.92 Å². The molecule has 1 aromatic heterocycles. The minimum absolute atomic E-state index is 0.401. The van der Waals surface area contributed by atoms with Gasteiger partial charge >= 0.3 is 12.1 Å². The molecule has 6 nitrogen and oxygen atoms in total. The summed E-state index contributed by atoms with van der Waals surface area (Å²) in [6.07, 6.45) is -0.363.